The van der Waals surface area contributed by atoms with Gasteiger partial charge in [0.1, 0.15) is 0 Å². The molecule has 1 heterocycles. The van der Waals surface area contributed by atoms with Crippen molar-refractivity contribution in [3.8, 4) is 0 Å². The number of guanidine groups is 1. The van der Waals surface area contributed by atoms with Crippen LogP contribution in [0.4, 0.5) is 0 Å². The van der Waals surface area contributed by atoms with E-state index in [1.165, 1.54) is 11.1 Å². The molecule has 162 valence electrons. The normalized spacial score (nSPS) is 13.7. The molecule has 2 aromatic rings. The largest absolute Gasteiger partial charge is 0.376 e. The van der Waals surface area contributed by atoms with Gasteiger partial charge in [0.25, 0.3) is 0 Å². The predicted octanol–water partition coefficient (Wildman–Crippen LogP) is 2.66. The molecule has 1 aromatic heterocycles. The lowest BCUT2D eigenvalue weighted by Gasteiger charge is -2.25. The zero-order valence-corrected chi connectivity index (χ0v) is 20.5. The van der Waals surface area contributed by atoms with E-state index in [9.17, 15) is 0 Å². The summed E-state index contributed by atoms with van der Waals surface area (Å²) in [6, 6.07) is 10.5. The van der Waals surface area contributed by atoms with Gasteiger partial charge >= 0.3 is 0 Å². The highest BCUT2D eigenvalue weighted by molar-refractivity contribution is 14.0. The Hall–Kier alpha value is -1.65. The van der Waals surface area contributed by atoms with E-state index >= 15 is 0 Å². The highest BCUT2D eigenvalue weighted by atomic mass is 127. The van der Waals surface area contributed by atoms with E-state index in [4.69, 9.17) is 4.74 Å². The van der Waals surface area contributed by atoms with Crippen molar-refractivity contribution in [2.45, 2.75) is 19.6 Å². The van der Waals surface area contributed by atoms with Gasteiger partial charge in [-0.15, -0.1) is 24.0 Å². The third-order valence-electron chi connectivity index (χ3n) is 4.55. The molecule has 8 heteroatoms. The van der Waals surface area contributed by atoms with Gasteiger partial charge in [0, 0.05) is 38.9 Å². The maximum atomic E-state index is 5.82. The number of hydrogen-bond donors (Lipinski definition) is 2. The number of rotatable bonds is 10. The van der Waals surface area contributed by atoms with Crippen molar-refractivity contribution in [2.24, 2.45) is 18.0 Å². The van der Waals surface area contributed by atoms with Gasteiger partial charge in [0.05, 0.1) is 25.5 Å². The Balaban J connectivity index is 0.00000420. The molecule has 0 saturated heterocycles. The summed E-state index contributed by atoms with van der Waals surface area (Å²) in [5, 5.41) is 11.1. The van der Waals surface area contributed by atoms with Crippen LogP contribution in [0.3, 0.4) is 0 Å². The standard InChI is InChI=1S/C21H34N6O.HI/c1-17(15-28-16-18-9-7-6-8-10-18)11-23-21(22-2)24-13-20(26(3)4)19-12-25-27(5)14-19;/h6-10,12,14,17,20H,11,13,15-16H2,1-5H3,(H2,22,23,24);1H. The van der Waals surface area contributed by atoms with Crippen LogP contribution in [0.2, 0.25) is 0 Å². The molecule has 29 heavy (non-hydrogen) atoms. The molecule has 0 amide bonds. The van der Waals surface area contributed by atoms with Crippen LogP contribution >= 0.6 is 24.0 Å². The van der Waals surface area contributed by atoms with E-state index in [2.05, 4.69) is 65.0 Å². The van der Waals surface area contributed by atoms with E-state index in [-0.39, 0.29) is 30.0 Å². The van der Waals surface area contributed by atoms with Gasteiger partial charge in [-0.2, -0.15) is 5.10 Å². The fraction of sp³-hybridized carbons (Fsp3) is 0.524. The van der Waals surface area contributed by atoms with Crippen molar-refractivity contribution in [2.75, 3.05) is 40.8 Å². The zero-order valence-electron chi connectivity index (χ0n) is 18.1. The van der Waals surface area contributed by atoms with E-state index in [1.54, 1.807) is 7.05 Å². The first-order valence-corrected chi connectivity index (χ1v) is 9.70. The maximum Gasteiger partial charge on any atom is 0.191 e. The lowest BCUT2D eigenvalue weighted by molar-refractivity contribution is 0.0931. The quantitative estimate of drug-likeness (QED) is 0.290. The number of aromatic nitrogens is 2. The Kier molecular flexibility index (Phi) is 11.9. The summed E-state index contributed by atoms with van der Waals surface area (Å²) in [5.74, 6) is 1.18. The number of nitrogens with one attached hydrogen (secondary N) is 2. The Morgan fingerprint density at radius 3 is 2.48 bits per heavy atom. The monoisotopic (exact) mass is 514 g/mol. The lowest BCUT2D eigenvalue weighted by atomic mass is 10.1. The van der Waals surface area contributed by atoms with Gasteiger partial charge < -0.3 is 20.3 Å². The minimum absolute atomic E-state index is 0. The number of benzene rings is 1. The SMILES string of the molecule is CN=C(NCC(C)COCc1ccccc1)NCC(c1cnn(C)c1)N(C)C.I. The van der Waals surface area contributed by atoms with Crippen LogP contribution in [-0.2, 0) is 18.4 Å². The summed E-state index contributed by atoms with van der Waals surface area (Å²) in [7, 11) is 7.87. The van der Waals surface area contributed by atoms with E-state index < -0.39 is 0 Å². The number of ether oxygens (including phenoxy) is 1. The molecule has 2 N–H and O–H groups in total. The first-order valence-electron chi connectivity index (χ1n) is 9.70. The Morgan fingerprint density at radius 1 is 1.21 bits per heavy atom. The second-order valence-electron chi connectivity index (χ2n) is 7.37. The third-order valence-corrected chi connectivity index (χ3v) is 4.55. The fourth-order valence-electron chi connectivity index (χ4n) is 2.91. The highest BCUT2D eigenvalue weighted by Crippen LogP contribution is 2.16. The molecule has 2 atom stereocenters. The van der Waals surface area contributed by atoms with Crippen molar-refractivity contribution in [3.05, 3.63) is 53.9 Å². The number of halogens is 1. The van der Waals surface area contributed by atoms with Gasteiger partial charge in [-0.3, -0.25) is 9.67 Å². The summed E-state index contributed by atoms with van der Waals surface area (Å²) < 4.78 is 7.65. The summed E-state index contributed by atoms with van der Waals surface area (Å²) in [6.07, 6.45) is 3.96. The highest BCUT2D eigenvalue weighted by Gasteiger charge is 2.16. The smallest absolute Gasteiger partial charge is 0.191 e. The molecule has 0 aliphatic heterocycles. The van der Waals surface area contributed by atoms with Crippen molar-refractivity contribution in [1.29, 1.82) is 0 Å². The number of aryl methyl sites for hydroxylation is 1. The molecular formula is C21H35IN6O. The van der Waals surface area contributed by atoms with Gasteiger partial charge in [0.2, 0.25) is 0 Å². The Bertz CT molecular complexity index is 719. The zero-order chi connectivity index (χ0) is 20.4. The van der Waals surface area contributed by atoms with Gasteiger partial charge in [0.15, 0.2) is 5.96 Å². The van der Waals surface area contributed by atoms with Gasteiger partial charge in [-0.05, 0) is 25.6 Å². The van der Waals surface area contributed by atoms with Crippen molar-refractivity contribution in [3.63, 3.8) is 0 Å². The second-order valence-corrected chi connectivity index (χ2v) is 7.37. The maximum absolute atomic E-state index is 5.82. The minimum Gasteiger partial charge on any atom is -0.376 e. The van der Waals surface area contributed by atoms with E-state index in [0.717, 1.165) is 19.0 Å². The number of likely N-dealkylation sites (N-methyl/N-ethyl adjacent to an activating group) is 1. The van der Waals surface area contributed by atoms with Crippen LogP contribution < -0.4 is 10.6 Å². The molecule has 0 aliphatic carbocycles. The minimum atomic E-state index is 0. The van der Waals surface area contributed by atoms with Crippen LogP contribution in [0.5, 0.6) is 0 Å². The average molecular weight is 514 g/mol. The van der Waals surface area contributed by atoms with Gasteiger partial charge in [-0.25, -0.2) is 0 Å². The molecule has 0 spiro atoms. The molecule has 0 saturated carbocycles. The number of hydrogen-bond acceptors (Lipinski definition) is 4. The fourth-order valence-corrected chi connectivity index (χ4v) is 2.91. The molecule has 0 aliphatic rings. The van der Waals surface area contributed by atoms with E-state index in [1.807, 2.05) is 36.1 Å². The topological polar surface area (TPSA) is 66.7 Å². The van der Waals surface area contributed by atoms with Crippen LogP contribution in [-0.4, -0.2) is 61.5 Å². The molecule has 0 radical (unpaired) electrons. The summed E-state index contributed by atoms with van der Waals surface area (Å²) in [5.41, 5.74) is 2.38. The van der Waals surface area contributed by atoms with Crippen molar-refractivity contribution >= 4 is 29.9 Å². The first kappa shape index (κ1) is 25.4. The van der Waals surface area contributed by atoms with Crippen LogP contribution in [0, 0.1) is 5.92 Å². The second kappa shape index (κ2) is 13.6. The molecule has 7 nitrogen and oxygen atoms in total. The predicted molar refractivity (Wildman–Crippen MR) is 130 cm³/mol. The lowest BCUT2D eigenvalue weighted by Crippen LogP contribution is -2.43. The average Bonchev–Trinajstić information content (AvgIpc) is 3.11. The van der Waals surface area contributed by atoms with Crippen LogP contribution in [0.25, 0.3) is 0 Å². The summed E-state index contributed by atoms with van der Waals surface area (Å²) >= 11 is 0. The van der Waals surface area contributed by atoms with Crippen molar-refractivity contribution in [1.82, 2.24) is 25.3 Å². The number of aliphatic imine (C=N–C) groups is 1. The van der Waals surface area contributed by atoms with E-state index in [0.29, 0.717) is 19.1 Å². The summed E-state index contributed by atoms with van der Waals surface area (Å²) in [6.45, 7) is 5.07. The molecule has 2 rings (SSSR count). The molecule has 0 bridgehead atoms. The molecular weight excluding hydrogens is 479 g/mol. The first-order chi connectivity index (χ1) is 13.5. The third kappa shape index (κ3) is 9.14. The Labute approximate surface area is 191 Å². The number of nitrogens with zero attached hydrogens (tertiary/aromatic N) is 4. The summed E-state index contributed by atoms with van der Waals surface area (Å²) in [4.78, 5) is 6.51. The molecule has 2 unspecified atom stereocenters. The molecule has 1 aromatic carbocycles. The Morgan fingerprint density at radius 2 is 1.90 bits per heavy atom. The van der Waals surface area contributed by atoms with Gasteiger partial charge in [-0.1, -0.05) is 37.3 Å². The van der Waals surface area contributed by atoms with Crippen molar-refractivity contribution < 1.29 is 4.74 Å². The van der Waals surface area contributed by atoms with Crippen LogP contribution in [0.1, 0.15) is 24.1 Å². The van der Waals surface area contributed by atoms with Crippen LogP contribution in [0.15, 0.2) is 47.7 Å². The molecule has 0 fully saturated rings.